The highest BCUT2D eigenvalue weighted by Crippen LogP contribution is 2.18. The summed E-state index contributed by atoms with van der Waals surface area (Å²) in [5.41, 5.74) is 0.963. The van der Waals surface area contributed by atoms with E-state index in [1.807, 2.05) is 0 Å². The number of hydrogen-bond donors (Lipinski definition) is 0. The molecule has 1 atom stereocenters. The normalized spacial score (nSPS) is 16.8. The molecule has 1 aliphatic heterocycles. The first-order valence-corrected chi connectivity index (χ1v) is 9.02. The summed E-state index contributed by atoms with van der Waals surface area (Å²) < 4.78 is 33.4. The minimum absolute atomic E-state index is 0.165. The van der Waals surface area contributed by atoms with Crippen molar-refractivity contribution in [2.75, 3.05) is 19.5 Å². The van der Waals surface area contributed by atoms with Crippen molar-refractivity contribution >= 4 is 15.6 Å². The number of carbonyl (C=O) groups excluding carboxylic acids is 1. The fourth-order valence-corrected chi connectivity index (χ4v) is 2.71. The maximum absolute atomic E-state index is 12.4. The van der Waals surface area contributed by atoms with Gasteiger partial charge in [0.25, 0.3) is 0 Å². The van der Waals surface area contributed by atoms with Crippen LogP contribution in [-0.4, -0.2) is 39.8 Å². The monoisotopic (exact) mass is 332 g/mol. The van der Waals surface area contributed by atoms with E-state index in [1.165, 1.54) is 24.3 Å². The number of rotatable bonds is 6. The van der Waals surface area contributed by atoms with Crippen molar-refractivity contribution in [1.29, 1.82) is 0 Å². The smallest absolute Gasteiger partial charge is 0.193 e. The zero-order valence-corrected chi connectivity index (χ0v) is 13.4. The summed E-state index contributed by atoms with van der Waals surface area (Å²) in [5.74, 6) is 0.520. The summed E-state index contributed by atoms with van der Waals surface area (Å²) in [5, 5.41) is 0. The summed E-state index contributed by atoms with van der Waals surface area (Å²) in [6, 6.07) is 12.8. The molecule has 2 aromatic rings. The van der Waals surface area contributed by atoms with Crippen LogP contribution in [0.1, 0.15) is 15.9 Å². The van der Waals surface area contributed by atoms with E-state index >= 15 is 0 Å². The average Bonchev–Trinajstić information content (AvgIpc) is 3.36. The lowest BCUT2D eigenvalue weighted by atomic mass is 10.0. The molecule has 0 aromatic heterocycles. The average molecular weight is 332 g/mol. The summed E-state index contributed by atoms with van der Waals surface area (Å²) in [7, 11) is -3.26. The summed E-state index contributed by atoms with van der Waals surface area (Å²) in [4.78, 5) is 12.6. The third-order valence-electron chi connectivity index (χ3n) is 3.50. The van der Waals surface area contributed by atoms with Crippen molar-refractivity contribution in [3.05, 3.63) is 59.7 Å². The third-order valence-corrected chi connectivity index (χ3v) is 4.63. The van der Waals surface area contributed by atoms with Crippen molar-refractivity contribution in [1.82, 2.24) is 0 Å². The van der Waals surface area contributed by atoms with Crippen LogP contribution in [0.25, 0.3) is 0 Å². The molecular weight excluding hydrogens is 316 g/mol. The highest BCUT2D eigenvalue weighted by atomic mass is 32.2. The van der Waals surface area contributed by atoms with Gasteiger partial charge in [-0.05, 0) is 48.5 Å². The first-order valence-electron chi connectivity index (χ1n) is 7.13. The molecule has 0 N–H and O–H groups in total. The molecule has 6 heteroatoms. The lowest BCUT2D eigenvalue weighted by Gasteiger charge is -2.06. The second-order valence-corrected chi connectivity index (χ2v) is 7.43. The summed E-state index contributed by atoms with van der Waals surface area (Å²) in [6.45, 7) is 1.25. The second-order valence-electron chi connectivity index (χ2n) is 5.42. The van der Waals surface area contributed by atoms with Gasteiger partial charge in [0.2, 0.25) is 0 Å². The molecule has 0 bridgehead atoms. The van der Waals surface area contributed by atoms with Gasteiger partial charge >= 0.3 is 0 Å². The predicted octanol–water partition coefficient (Wildman–Crippen LogP) is 2.10. The molecule has 120 valence electrons. The number of epoxide rings is 1. The van der Waals surface area contributed by atoms with E-state index in [0.717, 1.165) is 12.9 Å². The molecule has 0 spiro atoms. The van der Waals surface area contributed by atoms with E-state index in [9.17, 15) is 13.2 Å². The molecule has 1 aliphatic rings. The number of hydrogen-bond acceptors (Lipinski definition) is 5. The van der Waals surface area contributed by atoms with Gasteiger partial charge in [-0.2, -0.15) is 0 Å². The Kier molecular flexibility index (Phi) is 4.19. The van der Waals surface area contributed by atoms with Crippen LogP contribution < -0.4 is 4.74 Å². The quantitative estimate of drug-likeness (QED) is 0.598. The van der Waals surface area contributed by atoms with Crippen LogP contribution in [0.5, 0.6) is 5.75 Å². The molecule has 1 unspecified atom stereocenters. The van der Waals surface area contributed by atoms with E-state index < -0.39 is 9.84 Å². The van der Waals surface area contributed by atoms with Crippen LogP contribution in [0.4, 0.5) is 0 Å². The van der Waals surface area contributed by atoms with Crippen LogP contribution >= 0.6 is 0 Å². The van der Waals surface area contributed by atoms with Crippen LogP contribution in [0.2, 0.25) is 0 Å². The Hall–Kier alpha value is -2.18. The van der Waals surface area contributed by atoms with Crippen molar-refractivity contribution < 1.29 is 22.7 Å². The summed E-state index contributed by atoms with van der Waals surface area (Å²) in [6.07, 6.45) is 1.32. The van der Waals surface area contributed by atoms with Crippen molar-refractivity contribution in [3.63, 3.8) is 0 Å². The van der Waals surface area contributed by atoms with Gasteiger partial charge in [0.15, 0.2) is 15.6 Å². The molecule has 3 rings (SSSR count). The molecule has 2 aromatic carbocycles. The first-order chi connectivity index (χ1) is 10.9. The van der Waals surface area contributed by atoms with Crippen LogP contribution in [0.3, 0.4) is 0 Å². The summed E-state index contributed by atoms with van der Waals surface area (Å²) >= 11 is 0. The molecule has 5 nitrogen and oxygen atoms in total. The Morgan fingerprint density at radius 3 is 2.09 bits per heavy atom. The van der Waals surface area contributed by atoms with E-state index in [1.54, 1.807) is 24.3 Å². The van der Waals surface area contributed by atoms with E-state index in [4.69, 9.17) is 9.47 Å². The Balaban J connectivity index is 1.71. The highest BCUT2D eigenvalue weighted by molar-refractivity contribution is 7.90. The topological polar surface area (TPSA) is 73.0 Å². The van der Waals surface area contributed by atoms with Crippen molar-refractivity contribution in [3.8, 4) is 5.75 Å². The zero-order valence-electron chi connectivity index (χ0n) is 12.6. The Morgan fingerprint density at radius 2 is 1.61 bits per heavy atom. The Labute approximate surface area is 134 Å². The molecule has 1 saturated heterocycles. The van der Waals surface area contributed by atoms with Crippen LogP contribution in [0, 0.1) is 0 Å². The fourth-order valence-electron chi connectivity index (χ4n) is 2.08. The number of ketones is 1. The van der Waals surface area contributed by atoms with E-state index in [0.29, 0.717) is 23.5 Å². The van der Waals surface area contributed by atoms with Gasteiger partial charge in [-0.3, -0.25) is 4.79 Å². The minimum atomic E-state index is -3.26. The van der Waals surface area contributed by atoms with Gasteiger partial charge in [-0.15, -0.1) is 0 Å². The molecule has 0 saturated carbocycles. The SMILES string of the molecule is CS(=O)(=O)c1ccc(C(=O)c2ccc(OCC3CO3)cc2)cc1. The molecule has 0 amide bonds. The van der Waals surface area contributed by atoms with Gasteiger partial charge in [0.1, 0.15) is 18.5 Å². The molecule has 23 heavy (non-hydrogen) atoms. The second kappa shape index (κ2) is 6.14. The largest absolute Gasteiger partial charge is 0.491 e. The van der Waals surface area contributed by atoms with Gasteiger partial charge in [-0.25, -0.2) is 8.42 Å². The number of sulfone groups is 1. The Bertz CT molecular complexity index is 803. The highest BCUT2D eigenvalue weighted by Gasteiger charge is 2.23. The zero-order chi connectivity index (χ0) is 16.4. The lowest BCUT2D eigenvalue weighted by molar-refractivity contribution is 0.103. The number of ether oxygens (including phenoxy) is 2. The number of benzene rings is 2. The molecular formula is C17H16O5S. The third kappa shape index (κ3) is 3.97. The van der Waals surface area contributed by atoms with Gasteiger partial charge < -0.3 is 9.47 Å². The van der Waals surface area contributed by atoms with Crippen molar-refractivity contribution in [2.24, 2.45) is 0 Å². The molecule has 1 fully saturated rings. The fraction of sp³-hybridized carbons (Fsp3) is 0.235. The van der Waals surface area contributed by atoms with E-state index in [-0.39, 0.29) is 16.8 Å². The van der Waals surface area contributed by atoms with Crippen LogP contribution in [0.15, 0.2) is 53.4 Å². The molecule has 0 aliphatic carbocycles. The van der Waals surface area contributed by atoms with Gasteiger partial charge in [-0.1, -0.05) is 0 Å². The van der Waals surface area contributed by atoms with Crippen molar-refractivity contribution in [2.45, 2.75) is 11.0 Å². The number of carbonyl (C=O) groups is 1. The van der Waals surface area contributed by atoms with Gasteiger partial charge in [0.05, 0.1) is 11.5 Å². The standard InChI is InChI=1S/C17H16O5S/c1-23(19,20)16-8-4-13(5-9-16)17(18)12-2-6-14(7-3-12)21-10-15-11-22-15/h2-9,15H,10-11H2,1H3. The molecule has 0 radical (unpaired) electrons. The van der Waals surface area contributed by atoms with Crippen LogP contribution in [-0.2, 0) is 14.6 Å². The predicted molar refractivity (Wildman–Crippen MR) is 84.7 cm³/mol. The molecule has 1 heterocycles. The van der Waals surface area contributed by atoms with Gasteiger partial charge in [0, 0.05) is 17.4 Å². The maximum atomic E-state index is 12.4. The minimum Gasteiger partial charge on any atom is -0.491 e. The first kappa shape index (κ1) is 15.7. The Morgan fingerprint density at radius 1 is 1.09 bits per heavy atom. The van der Waals surface area contributed by atoms with E-state index in [2.05, 4.69) is 0 Å². The maximum Gasteiger partial charge on any atom is 0.193 e. The lowest BCUT2D eigenvalue weighted by Crippen LogP contribution is -2.05.